The van der Waals surface area contributed by atoms with Gasteiger partial charge in [-0.2, -0.15) is 5.26 Å². The quantitative estimate of drug-likeness (QED) is 0.543. The summed E-state index contributed by atoms with van der Waals surface area (Å²) in [6, 6.07) is 16.9. The summed E-state index contributed by atoms with van der Waals surface area (Å²) in [5.74, 6) is -0.386. The lowest BCUT2D eigenvalue weighted by Gasteiger charge is -2.13. The first-order valence-electron chi connectivity index (χ1n) is 8.55. The molecular weight excluding hydrogens is 323 g/mol. The van der Waals surface area contributed by atoms with Crippen molar-refractivity contribution in [2.75, 3.05) is 0 Å². The number of allylic oxidation sites excluding steroid dienone is 1. The molecule has 3 heteroatoms. The smallest absolute Gasteiger partial charge is 0.131 e. The minimum atomic E-state index is -0.386. The van der Waals surface area contributed by atoms with Crippen molar-refractivity contribution in [1.82, 2.24) is 4.57 Å². The van der Waals surface area contributed by atoms with Crippen molar-refractivity contribution in [3.8, 4) is 11.8 Å². The van der Waals surface area contributed by atoms with Gasteiger partial charge in [0.15, 0.2) is 0 Å². The van der Waals surface area contributed by atoms with Crippen molar-refractivity contribution >= 4 is 11.6 Å². The molecule has 3 rings (SSSR count). The first-order valence-corrected chi connectivity index (χ1v) is 8.55. The maximum Gasteiger partial charge on any atom is 0.131 e. The van der Waals surface area contributed by atoms with Crippen molar-refractivity contribution in [2.24, 2.45) is 0 Å². The molecule has 26 heavy (non-hydrogen) atoms. The van der Waals surface area contributed by atoms with E-state index in [-0.39, 0.29) is 5.82 Å². The average molecular weight is 344 g/mol. The van der Waals surface area contributed by atoms with E-state index in [2.05, 4.69) is 42.7 Å². The molecule has 3 aromatic rings. The van der Waals surface area contributed by atoms with Gasteiger partial charge in [-0.15, -0.1) is 0 Å². The Balaban J connectivity index is 2.14. The Morgan fingerprint density at radius 1 is 1.04 bits per heavy atom. The predicted octanol–water partition coefficient (Wildman–Crippen LogP) is 5.91. The summed E-state index contributed by atoms with van der Waals surface area (Å²) < 4.78 is 16.3. The largest absolute Gasteiger partial charge is 0.318 e. The maximum absolute atomic E-state index is 14.1. The van der Waals surface area contributed by atoms with Gasteiger partial charge >= 0.3 is 0 Å². The third-order valence-electron chi connectivity index (χ3n) is 4.65. The summed E-state index contributed by atoms with van der Waals surface area (Å²) in [4.78, 5) is 0. The first kappa shape index (κ1) is 17.7. The number of aryl methyl sites for hydroxylation is 3. The monoisotopic (exact) mass is 344 g/mol. The Bertz CT molecular complexity index is 1050. The van der Waals surface area contributed by atoms with Crippen LogP contribution in [0, 0.1) is 44.8 Å². The molecule has 1 heterocycles. The van der Waals surface area contributed by atoms with E-state index in [9.17, 15) is 9.65 Å². The van der Waals surface area contributed by atoms with Crippen LogP contribution < -0.4 is 0 Å². The minimum absolute atomic E-state index is 0.323. The van der Waals surface area contributed by atoms with Gasteiger partial charge in [0.1, 0.15) is 5.82 Å². The molecule has 0 aliphatic rings. The highest BCUT2D eigenvalue weighted by molar-refractivity contribution is 5.90. The minimum Gasteiger partial charge on any atom is -0.318 e. The predicted molar refractivity (Wildman–Crippen MR) is 105 cm³/mol. The Morgan fingerprint density at radius 3 is 2.42 bits per heavy atom. The molecule has 130 valence electrons. The molecule has 0 aliphatic carbocycles. The zero-order chi connectivity index (χ0) is 18.8. The van der Waals surface area contributed by atoms with Crippen LogP contribution in [0.15, 0.2) is 48.5 Å². The molecule has 0 N–H and O–H groups in total. The van der Waals surface area contributed by atoms with Gasteiger partial charge in [0.05, 0.1) is 11.6 Å². The van der Waals surface area contributed by atoms with E-state index in [1.54, 1.807) is 24.3 Å². The molecule has 0 spiro atoms. The van der Waals surface area contributed by atoms with E-state index < -0.39 is 0 Å². The van der Waals surface area contributed by atoms with Crippen molar-refractivity contribution in [2.45, 2.75) is 27.7 Å². The molecule has 0 atom stereocenters. The third kappa shape index (κ3) is 3.19. The lowest BCUT2D eigenvalue weighted by molar-refractivity contribution is 0.624. The normalized spacial score (nSPS) is 11.5. The zero-order valence-corrected chi connectivity index (χ0v) is 15.5. The average Bonchev–Trinajstić information content (AvgIpc) is 2.88. The Morgan fingerprint density at radius 2 is 1.77 bits per heavy atom. The number of benzene rings is 2. The molecule has 2 nitrogen and oxygen atoms in total. The Kier molecular flexibility index (Phi) is 4.77. The number of rotatable bonds is 3. The number of nitrogens with zero attached hydrogens (tertiary/aromatic N) is 2. The van der Waals surface area contributed by atoms with Gasteiger partial charge < -0.3 is 4.57 Å². The van der Waals surface area contributed by atoms with E-state index in [0.29, 0.717) is 11.1 Å². The molecule has 0 fully saturated rings. The summed E-state index contributed by atoms with van der Waals surface area (Å²) >= 11 is 0. The topological polar surface area (TPSA) is 28.7 Å². The third-order valence-corrected chi connectivity index (χ3v) is 4.65. The number of hydrogen-bond acceptors (Lipinski definition) is 1. The first-order chi connectivity index (χ1) is 12.4. The van der Waals surface area contributed by atoms with E-state index in [1.807, 2.05) is 19.9 Å². The molecule has 0 unspecified atom stereocenters. The molecule has 2 aromatic carbocycles. The van der Waals surface area contributed by atoms with Crippen LogP contribution in [0.1, 0.15) is 33.6 Å². The van der Waals surface area contributed by atoms with Crippen LogP contribution in [0.4, 0.5) is 4.39 Å². The molecule has 0 amide bonds. The summed E-state index contributed by atoms with van der Waals surface area (Å²) in [6.07, 6.45) is 1.76. The second kappa shape index (κ2) is 7.01. The highest BCUT2D eigenvalue weighted by atomic mass is 19.1. The molecule has 0 saturated carbocycles. The van der Waals surface area contributed by atoms with Gasteiger partial charge in [-0.1, -0.05) is 35.9 Å². The fraction of sp³-hybridized carbons (Fsp3) is 0.174. The standard InChI is InChI=1S/C23H21FN2/c1-15-9-10-23(16(2)11-15)26-17(3)12-19(18(26)4)13-20(14-25)21-7-5-6-8-22(21)24/h5-13H,1-4H3/b20-13-. The van der Waals surface area contributed by atoms with E-state index in [4.69, 9.17) is 0 Å². The summed E-state index contributed by atoms with van der Waals surface area (Å²) in [7, 11) is 0. The Labute approximate surface area is 153 Å². The van der Waals surface area contributed by atoms with Crippen molar-refractivity contribution in [3.05, 3.63) is 88.0 Å². The van der Waals surface area contributed by atoms with Crippen LogP contribution >= 0.6 is 0 Å². The van der Waals surface area contributed by atoms with Gasteiger partial charge in [0.2, 0.25) is 0 Å². The number of halogens is 1. The van der Waals surface area contributed by atoms with E-state index in [0.717, 1.165) is 22.6 Å². The molecule has 0 aliphatic heterocycles. The highest BCUT2D eigenvalue weighted by Gasteiger charge is 2.13. The van der Waals surface area contributed by atoms with Gasteiger partial charge in [-0.3, -0.25) is 0 Å². The van der Waals surface area contributed by atoms with Crippen LogP contribution in [-0.2, 0) is 0 Å². The summed E-state index contributed by atoms with van der Waals surface area (Å²) in [5, 5.41) is 9.53. The number of hydrogen-bond donors (Lipinski definition) is 0. The second-order valence-electron chi connectivity index (χ2n) is 6.60. The molecule has 0 bridgehead atoms. The lowest BCUT2D eigenvalue weighted by Crippen LogP contribution is -2.01. The zero-order valence-electron chi connectivity index (χ0n) is 15.5. The van der Waals surface area contributed by atoms with Crippen molar-refractivity contribution in [3.63, 3.8) is 0 Å². The summed E-state index contributed by atoms with van der Waals surface area (Å²) in [6.45, 7) is 8.23. The van der Waals surface area contributed by atoms with Crippen molar-refractivity contribution in [1.29, 1.82) is 5.26 Å². The van der Waals surface area contributed by atoms with E-state index >= 15 is 0 Å². The molecule has 0 radical (unpaired) electrons. The fourth-order valence-corrected chi connectivity index (χ4v) is 3.37. The van der Waals surface area contributed by atoms with Gasteiger partial charge in [0, 0.05) is 22.6 Å². The molecular formula is C23H21FN2. The second-order valence-corrected chi connectivity index (χ2v) is 6.60. The van der Waals surface area contributed by atoms with Gasteiger partial charge in [-0.25, -0.2) is 4.39 Å². The van der Waals surface area contributed by atoms with Crippen LogP contribution in [0.3, 0.4) is 0 Å². The lowest BCUT2D eigenvalue weighted by atomic mass is 10.0. The maximum atomic E-state index is 14.1. The van der Waals surface area contributed by atoms with Crippen molar-refractivity contribution < 1.29 is 4.39 Å². The SMILES string of the molecule is Cc1ccc(-n2c(C)cc(/C=C(/C#N)c3ccccc3F)c2C)c(C)c1. The van der Waals surface area contributed by atoms with Crippen LogP contribution in [0.25, 0.3) is 17.3 Å². The Hall–Kier alpha value is -3.12. The fourth-order valence-electron chi connectivity index (χ4n) is 3.37. The summed E-state index contributed by atoms with van der Waals surface area (Å²) in [5.41, 5.74) is 7.20. The van der Waals surface area contributed by atoms with Crippen LogP contribution in [0.5, 0.6) is 0 Å². The molecule has 0 saturated heterocycles. The molecule has 1 aromatic heterocycles. The number of nitriles is 1. The van der Waals surface area contributed by atoms with Crippen LogP contribution in [-0.4, -0.2) is 4.57 Å². The van der Waals surface area contributed by atoms with Gasteiger partial charge in [-0.05, 0) is 63.1 Å². The van der Waals surface area contributed by atoms with Gasteiger partial charge in [0.25, 0.3) is 0 Å². The van der Waals surface area contributed by atoms with E-state index in [1.165, 1.54) is 17.2 Å². The highest BCUT2D eigenvalue weighted by Crippen LogP contribution is 2.27. The van der Waals surface area contributed by atoms with Crippen LogP contribution in [0.2, 0.25) is 0 Å². The number of aromatic nitrogens is 1.